The first-order valence-corrected chi connectivity index (χ1v) is 10.3. The molecule has 2 aromatic rings. The summed E-state index contributed by atoms with van der Waals surface area (Å²) in [6, 6.07) is 6.62. The van der Waals surface area contributed by atoms with Gasteiger partial charge in [-0.25, -0.2) is 9.38 Å². The number of ether oxygens (including phenoxy) is 2. The first-order valence-electron chi connectivity index (χ1n) is 12.3. The molecule has 0 saturated heterocycles. The molecule has 3 aliphatic rings. The van der Waals surface area contributed by atoms with E-state index in [-0.39, 0.29) is 18.0 Å². The summed E-state index contributed by atoms with van der Waals surface area (Å²) >= 11 is 0. The van der Waals surface area contributed by atoms with Crippen molar-refractivity contribution in [2.75, 3.05) is 13.1 Å². The Morgan fingerprint density at radius 1 is 1.43 bits per heavy atom. The van der Waals surface area contributed by atoms with Gasteiger partial charge in [-0.2, -0.15) is 0 Å². The molecule has 0 radical (unpaired) electrons. The van der Waals surface area contributed by atoms with E-state index in [1.807, 2.05) is 19.1 Å². The van der Waals surface area contributed by atoms with Crippen molar-refractivity contribution in [1.82, 2.24) is 4.98 Å². The molecule has 158 valence electrons. The van der Waals surface area contributed by atoms with Crippen LogP contribution >= 0.6 is 0 Å². The van der Waals surface area contributed by atoms with Gasteiger partial charge in [0.1, 0.15) is 17.9 Å². The molecule has 6 heteroatoms. The molecule has 4 atom stereocenters. The minimum absolute atomic E-state index is 0.0435. The molecule has 1 aromatic carbocycles. The van der Waals surface area contributed by atoms with Crippen LogP contribution in [0.15, 0.2) is 41.7 Å². The lowest BCUT2D eigenvalue weighted by Gasteiger charge is -2.48. The first kappa shape index (κ1) is 15.3. The molecule has 0 unspecified atom stereocenters. The lowest BCUT2D eigenvalue weighted by molar-refractivity contribution is -0.0588. The summed E-state index contributed by atoms with van der Waals surface area (Å²) in [4.78, 5) is 8.70. The minimum Gasteiger partial charge on any atom is -0.462 e. The molecule has 5 nitrogen and oxygen atoms in total. The summed E-state index contributed by atoms with van der Waals surface area (Å²) in [6.45, 7) is -0.565. The highest BCUT2D eigenvalue weighted by Crippen LogP contribution is 2.62. The predicted molar refractivity (Wildman–Crippen MR) is 113 cm³/mol. The summed E-state index contributed by atoms with van der Waals surface area (Å²) in [6.07, 6.45) is 4.78. The smallest absolute Gasteiger partial charge is 0.283 e. The zero-order valence-corrected chi connectivity index (χ0v) is 17.1. The van der Waals surface area contributed by atoms with Crippen LogP contribution in [0.1, 0.15) is 49.7 Å². The summed E-state index contributed by atoms with van der Waals surface area (Å²) in [5.74, 6) is -0.455. The van der Waals surface area contributed by atoms with Gasteiger partial charge in [-0.3, -0.25) is 4.98 Å². The molecule has 30 heavy (non-hydrogen) atoms. The van der Waals surface area contributed by atoms with Crippen molar-refractivity contribution in [3.8, 4) is 11.1 Å². The highest BCUT2D eigenvalue weighted by Gasteiger charge is 2.62. The van der Waals surface area contributed by atoms with Gasteiger partial charge >= 0.3 is 0 Å². The quantitative estimate of drug-likeness (QED) is 0.819. The van der Waals surface area contributed by atoms with Gasteiger partial charge in [0.05, 0.1) is 11.6 Å². The number of hydrogen-bond donors (Lipinski definition) is 1. The van der Waals surface area contributed by atoms with Crippen molar-refractivity contribution in [2.24, 2.45) is 22.1 Å². The Balaban J connectivity index is 1.63. The van der Waals surface area contributed by atoms with E-state index in [1.54, 1.807) is 6.07 Å². The number of aliphatic imine (C=N–C) groups is 1. The van der Waals surface area contributed by atoms with Crippen LogP contribution in [0.3, 0.4) is 0 Å². The van der Waals surface area contributed by atoms with E-state index in [1.165, 1.54) is 25.4 Å². The van der Waals surface area contributed by atoms with Gasteiger partial charge in [0, 0.05) is 29.9 Å². The highest BCUT2D eigenvalue weighted by molar-refractivity contribution is 5.76. The molecule has 0 amide bonds. The maximum absolute atomic E-state index is 14.6. The van der Waals surface area contributed by atoms with Crippen LogP contribution in [-0.4, -0.2) is 30.2 Å². The van der Waals surface area contributed by atoms with Crippen molar-refractivity contribution in [3.05, 3.63) is 53.6 Å². The number of nitrogens with two attached hydrogens (primary N) is 1. The summed E-state index contributed by atoms with van der Waals surface area (Å²) in [5.41, 5.74) is 6.41. The van der Waals surface area contributed by atoms with E-state index in [2.05, 4.69) is 9.98 Å². The normalized spacial score (nSPS) is 36.4. The Hall–Kier alpha value is -2.47. The standard InChI is InChI=1S/C24H28FN3O2/c1-3-29-21-6-8-23(11-15(21)2)12-17-5-4-16(18-13-27-9-7-20(18)25)10-19(17)24(23)14-30-22(26)28-24/h4-5,7,9-10,13,15,21H,3,6,8,11-12,14H2,1-2H3,(H2,26,28)/t15-,21-,23-,24+/m1/s1/i3D2,14D2. The third-order valence-corrected chi connectivity index (χ3v) is 6.98. The van der Waals surface area contributed by atoms with E-state index in [9.17, 15) is 4.39 Å². The molecular formula is C24H28FN3O2. The van der Waals surface area contributed by atoms with Gasteiger partial charge < -0.3 is 15.2 Å². The Morgan fingerprint density at radius 2 is 2.30 bits per heavy atom. The average molecular weight is 414 g/mol. The molecular weight excluding hydrogens is 381 g/mol. The molecule has 2 aliphatic carbocycles. The summed E-state index contributed by atoms with van der Waals surface area (Å²) in [7, 11) is 0. The SMILES string of the molecule is [2H]C([2H])(C)O[C@@H]1CC[C@]2(Cc3ccc(-c4cnccc4F)cc3[C@]23N=C(N)OC3([2H])[2H])C[C@H]1C. The molecule has 2 spiro atoms. The lowest BCUT2D eigenvalue weighted by Crippen LogP contribution is -2.48. The Kier molecular flexibility index (Phi) is 3.61. The van der Waals surface area contributed by atoms with Crippen LogP contribution in [-0.2, 0) is 21.4 Å². The monoisotopic (exact) mass is 413 g/mol. The highest BCUT2D eigenvalue weighted by atomic mass is 19.1. The zero-order chi connectivity index (χ0) is 24.5. The fourth-order valence-electron chi connectivity index (χ4n) is 5.65. The van der Waals surface area contributed by atoms with Crippen LogP contribution < -0.4 is 5.73 Å². The summed E-state index contributed by atoms with van der Waals surface area (Å²) < 4.78 is 59.2. The van der Waals surface area contributed by atoms with Crippen molar-refractivity contribution in [2.45, 2.75) is 51.2 Å². The third kappa shape index (κ3) is 2.77. The van der Waals surface area contributed by atoms with Crippen LogP contribution in [0.25, 0.3) is 11.1 Å². The lowest BCUT2D eigenvalue weighted by atomic mass is 9.59. The third-order valence-electron chi connectivity index (χ3n) is 6.98. The topological polar surface area (TPSA) is 69.7 Å². The number of pyridine rings is 1. The minimum atomic E-state index is -2.21. The zero-order valence-electron chi connectivity index (χ0n) is 21.1. The largest absolute Gasteiger partial charge is 0.462 e. The Morgan fingerprint density at radius 3 is 3.00 bits per heavy atom. The van der Waals surface area contributed by atoms with Crippen molar-refractivity contribution in [3.63, 3.8) is 0 Å². The number of nitrogens with zero attached hydrogens (tertiary/aromatic N) is 2. The molecule has 1 fully saturated rings. The average Bonchev–Trinajstić information content (AvgIpc) is 3.14. The second kappa shape index (κ2) is 7.05. The van der Waals surface area contributed by atoms with Crippen molar-refractivity contribution in [1.29, 1.82) is 0 Å². The van der Waals surface area contributed by atoms with Crippen LogP contribution in [0, 0.1) is 17.2 Å². The van der Waals surface area contributed by atoms with Gasteiger partial charge in [0.15, 0.2) is 0 Å². The number of hydrogen-bond acceptors (Lipinski definition) is 5. The van der Waals surface area contributed by atoms with E-state index < -0.39 is 29.9 Å². The maximum Gasteiger partial charge on any atom is 0.283 e. The van der Waals surface area contributed by atoms with Crippen LogP contribution in [0.5, 0.6) is 0 Å². The number of rotatable bonds is 3. The number of aromatic nitrogens is 1. The predicted octanol–water partition coefficient (Wildman–Crippen LogP) is 4.20. The number of fused-ring (bicyclic) bond motifs is 3. The maximum atomic E-state index is 14.6. The van der Waals surface area contributed by atoms with Gasteiger partial charge in [-0.1, -0.05) is 19.1 Å². The second-order valence-corrected chi connectivity index (χ2v) is 8.63. The Labute approximate surface area is 182 Å². The second-order valence-electron chi connectivity index (χ2n) is 8.63. The molecule has 5 rings (SSSR count). The number of halogens is 1. The van der Waals surface area contributed by atoms with E-state index in [4.69, 9.17) is 20.7 Å². The van der Waals surface area contributed by atoms with E-state index in [0.717, 1.165) is 5.56 Å². The molecule has 1 saturated carbocycles. The first-order chi connectivity index (χ1) is 15.9. The van der Waals surface area contributed by atoms with Gasteiger partial charge in [-0.15, -0.1) is 0 Å². The van der Waals surface area contributed by atoms with Crippen molar-refractivity contribution >= 4 is 6.02 Å². The van der Waals surface area contributed by atoms with E-state index >= 15 is 0 Å². The number of benzene rings is 1. The van der Waals surface area contributed by atoms with E-state index in [0.29, 0.717) is 42.4 Å². The molecule has 1 aromatic heterocycles. The van der Waals surface area contributed by atoms with Gasteiger partial charge in [0.25, 0.3) is 6.02 Å². The molecule has 1 aliphatic heterocycles. The number of amidine groups is 1. The fraction of sp³-hybridized carbons (Fsp3) is 0.500. The fourth-order valence-corrected chi connectivity index (χ4v) is 5.65. The van der Waals surface area contributed by atoms with Crippen LogP contribution in [0.2, 0.25) is 0 Å². The molecule has 2 N–H and O–H groups in total. The molecule has 0 bridgehead atoms. The van der Waals surface area contributed by atoms with Crippen molar-refractivity contribution < 1.29 is 19.3 Å². The van der Waals surface area contributed by atoms with Gasteiger partial charge in [0.2, 0.25) is 0 Å². The van der Waals surface area contributed by atoms with Crippen LogP contribution in [0.4, 0.5) is 4.39 Å². The summed E-state index contributed by atoms with van der Waals surface area (Å²) in [5, 5.41) is 0. The van der Waals surface area contributed by atoms with Gasteiger partial charge in [-0.05, 0) is 67.3 Å². The Bertz CT molecular complexity index is 1170. The molecule has 2 heterocycles.